The van der Waals surface area contributed by atoms with Crippen LogP contribution < -0.4 is 10.6 Å². The molecule has 2 aromatic carbocycles. The number of nitrogens with one attached hydrogen (secondary N) is 2. The first-order valence-electron chi connectivity index (χ1n) is 10.8. The molecule has 0 aromatic heterocycles. The van der Waals surface area contributed by atoms with Crippen LogP contribution in [-0.2, 0) is 15.7 Å². The Morgan fingerprint density at radius 3 is 2.62 bits per heavy atom. The fourth-order valence-corrected chi connectivity index (χ4v) is 4.59. The first kappa shape index (κ1) is 22.6. The summed E-state index contributed by atoms with van der Waals surface area (Å²) in [6.45, 7) is 0.916. The summed E-state index contributed by atoms with van der Waals surface area (Å²) in [6.07, 6.45) is -3.90. The lowest BCUT2D eigenvalue weighted by atomic mass is 9.76. The van der Waals surface area contributed by atoms with E-state index >= 15 is 0 Å². The van der Waals surface area contributed by atoms with Crippen molar-refractivity contribution in [3.63, 3.8) is 0 Å². The number of carbonyl (C=O) groups is 1. The average molecular weight is 448 g/mol. The van der Waals surface area contributed by atoms with Gasteiger partial charge in [0.1, 0.15) is 0 Å². The molecule has 0 bridgehead atoms. The Balaban J connectivity index is 1.60. The Morgan fingerprint density at radius 2 is 1.94 bits per heavy atom. The largest absolute Gasteiger partial charge is 0.416 e. The van der Waals surface area contributed by atoms with Gasteiger partial charge in [0.25, 0.3) is 0 Å². The number of halogens is 3. The predicted octanol–water partition coefficient (Wildman–Crippen LogP) is 4.39. The number of rotatable bonds is 5. The number of hydrogen-bond acceptors (Lipinski definition) is 4. The summed E-state index contributed by atoms with van der Waals surface area (Å²) in [4.78, 5) is 14.3. The SMILES string of the molecule is CN(C)CCC(=O)NC1COC2c3cc(C(F)(F)F)ccc3NC(c3ccccc3)C2C1. The van der Waals surface area contributed by atoms with Crippen LogP contribution in [0.3, 0.4) is 0 Å². The van der Waals surface area contributed by atoms with Gasteiger partial charge in [-0.15, -0.1) is 0 Å². The molecule has 1 amide bonds. The molecule has 2 aliphatic rings. The minimum Gasteiger partial charge on any atom is -0.378 e. The maximum absolute atomic E-state index is 13.3. The molecule has 4 unspecified atom stereocenters. The summed E-state index contributed by atoms with van der Waals surface area (Å²) in [5, 5.41) is 6.48. The minimum absolute atomic E-state index is 0.0504. The summed E-state index contributed by atoms with van der Waals surface area (Å²) < 4.78 is 46.2. The summed E-state index contributed by atoms with van der Waals surface area (Å²) in [5.41, 5.74) is 1.53. The molecular formula is C24H28F3N3O2. The third kappa shape index (κ3) is 4.91. The van der Waals surface area contributed by atoms with Crippen molar-refractivity contribution in [2.24, 2.45) is 5.92 Å². The Bertz CT molecular complexity index is 949. The van der Waals surface area contributed by atoms with Crippen molar-refractivity contribution in [3.05, 3.63) is 65.2 Å². The van der Waals surface area contributed by atoms with Crippen molar-refractivity contribution < 1.29 is 22.7 Å². The van der Waals surface area contributed by atoms with E-state index in [9.17, 15) is 18.0 Å². The van der Waals surface area contributed by atoms with Gasteiger partial charge < -0.3 is 20.3 Å². The number of alkyl halides is 3. The third-order valence-corrected chi connectivity index (χ3v) is 6.16. The van der Waals surface area contributed by atoms with Gasteiger partial charge in [0, 0.05) is 30.1 Å². The van der Waals surface area contributed by atoms with Crippen LogP contribution >= 0.6 is 0 Å². The molecular weight excluding hydrogens is 419 g/mol. The van der Waals surface area contributed by atoms with Crippen molar-refractivity contribution >= 4 is 11.6 Å². The van der Waals surface area contributed by atoms with Crippen LogP contribution in [0.1, 0.15) is 41.7 Å². The molecule has 2 heterocycles. The summed E-state index contributed by atoms with van der Waals surface area (Å²) in [7, 11) is 3.82. The van der Waals surface area contributed by atoms with Gasteiger partial charge in [0.2, 0.25) is 5.91 Å². The van der Waals surface area contributed by atoms with E-state index in [1.54, 1.807) is 0 Å². The fraction of sp³-hybridized carbons (Fsp3) is 0.458. The second-order valence-corrected chi connectivity index (χ2v) is 8.80. The quantitative estimate of drug-likeness (QED) is 0.714. The molecule has 0 spiro atoms. The number of nitrogens with zero attached hydrogens (tertiary/aromatic N) is 1. The topological polar surface area (TPSA) is 53.6 Å². The van der Waals surface area contributed by atoms with E-state index in [-0.39, 0.29) is 30.5 Å². The highest BCUT2D eigenvalue weighted by atomic mass is 19.4. The third-order valence-electron chi connectivity index (χ3n) is 6.16. The van der Waals surface area contributed by atoms with Crippen molar-refractivity contribution in [1.29, 1.82) is 0 Å². The highest BCUT2D eigenvalue weighted by Crippen LogP contribution is 2.50. The second kappa shape index (κ2) is 9.11. The fourth-order valence-electron chi connectivity index (χ4n) is 4.59. The number of carbonyl (C=O) groups excluding carboxylic acids is 1. The van der Waals surface area contributed by atoms with Crippen molar-refractivity contribution in [2.45, 2.75) is 37.2 Å². The van der Waals surface area contributed by atoms with E-state index < -0.39 is 17.8 Å². The van der Waals surface area contributed by atoms with Crippen molar-refractivity contribution in [3.8, 4) is 0 Å². The summed E-state index contributed by atoms with van der Waals surface area (Å²) in [5.74, 6) is -0.174. The number of ether oxygens (including phenoxy) is 1. The standard InChI is InChI=1S/C24H28F3N3O2/c1-30(2)11-10-21(31)28-17-13-19-22(15-6-4-3-5-7-15)29-20-9-8-16(24(25,26)27)12-18(20)23(19)32-14-17/h3-9,12,17,19,22-23,29H,10-11,13-14H2,1-2H3,(H,28,31). The van der Waals surface area contributed by atoms with Crippen LogP contribution in [0.15, 0.2) is 48.5 Å². The van der Waals surface area contributed by atoms with Gasteiger partial charge in [-0.2, -0.15) is 13.2 Å². The molecule has 1 saturated heterocycles. The lowest BCUT2D eigenvalue weighted by Crippen LogP contribution is -2.48. The van der Waals surface area contributed by atoms with Gasteiger partial charge in [0.05, 0.1) is 30.4 Å². The number of benzene rings is 2. The van der Waals surface area contributed by atoms with Gasteiger partial charge in [-0.25, -0.2) is 0 Å². The number of anilines is 1. The van der Waals surface area contributed by atoms with E-state index in [2.05, 4.69) is 10.6 Å². The van der Waals surface area contributed by atoms with E-state index in [0.717, 1.165) is 11.6 Å². The molecule has 32 heavy (non-hydrogen) atoms. The average Bonchev–Trinajstić information content (AvgIpc) is 2.76. The molecule has 4 atom stereocenters. The number of hydrogen-bond donors (Lipinski definition) is 2. The molecule has 4 rings (SSSR count). The monoisotopic (exact) mass is 447 g/mol. The molecule has 0 radical (unpaired) electrons. The minimum atomic E-state index is -4.42. The lowest BCUT2D eigenvalue weighted by molar-refractivity contribution is -0.138. The van der Waals surface area contributed by atoms with Gasteiger partial charge >= 0.3 is 6.18 Å². The maximum atomic E-state index is 13.3. The molecule has 2 aromatic rings. The van der Waals surface area contributed by atoms with Gasteiger partial charge in [-0.05, 0) is 44.3 Å². The first-order chi connectivity index (χ1) is 15.2. The Labute approximate surface area is 185 Å². The molecule has 2 aliphatic heterocycles. The van der Waals surface area contributed by atoms with Crippen LogP contribution in [0, 0.1) is 5.92 Å². The van der Waals surface area contributed by atoms with Crippen LogP contribution in [0.25, 0.3) is 0 Å². The zero-order chi connectivity index (χ0) is 22.9. The normalized spacial score (nSPS) is 24.9. The molecule has 2 N–H and O–H groups in total. The molecule has 0 aliphatic carbocycles. The van der Waals surface area contributed by atoms with E-state index in [0.29, 0.717) is 30.6 Å². The molecule has 1 fully saturated rings. The van der Waals surface area contributed by atoms with E-state index in [4.69, 9.17) is 4.74 Å². The second-order valence-electron chi connectivity index (χ2n) is 8.80. The number of amides is 1. The van der Waals surface area contributed by atoms with Crippen molar-refractivity contribution in [1.82, 2.24) is 10.2 Å². The lowest BCUT2D eigenvalue weighted by Gasteiger charge is -2.45. The zero-order valence-corrected chi connectivity index (χ0v) is 18.2. The highest BCUT2D eigenvalue weighted by Gasteiger charge is 2.44. The molecule has 172 valence electrons. The summed E-state index contributed by atoms with van der Waals surface area (Å²) >= 11 is 0. The van der Waals surface area contributed by atoms with Crippen LogP contribution in [-0.4, -0.2) is 44.1 Å². The Kier molecular flexibility index (Phi) is 6.44. The van der Waals surface area contributed by atoms with Gasteiger partial charge in [0.15, 0.2) is 0 Å². The van der Waals surface area contributed by atoms with Crippen LogP contribution in [0.5, 0.6) is 0 Å². The maximum Gasteiger partial charge on any atom is 0.416 e. The Morgan fingerprint density at radius 1 is 1.19 bits per heavy atom. The smallest absolute Gasteiger partial charge is 0.378 e. The predicted molar refractivity (Wildman–Crippen MR) is 116 cm³/mol. The van der Waals surface area contributed by atoms with Gasteiger partial charge in [-0.3, -0.25) is 4.79 Å². The summed E-state index contributed by atoms with van der Waals surface area (Å²) in [6, 6.07) is 13.3. The van der Waals surface area contributed by atoms with E-state index in [1.807, 2.05) is 49.3 Å². The van der Waals surface area contributed by atoms with Crippen LogP contribution in [0.2, 0.25) is 0 Å². The number of fused-ring (bicyclic) bond motifs is 3. The van der Waals surface area contributed by atoms with E-state index in [1.165, 1.54) is 12.1 Å². The highest BCUT2D eigenvalue weighted by molar-refractivity contribution is 5.76. The molecule has 5 nitrogen and oxygen atoms in total. The molecule has 8 heteroatoms. The molecule has 0 saturated carbocycles. The van der Waals surface area contributed by atoms with Gasteiger partial charge in [-0.1, -0.05) is 30.3 Å². The van der Waals surface area contributed by atoms with Crippen LogP contribution in [0.4, 0.5) is 18.9 Å². The Hall–Kier alpha value is -2.58. The zero-order valence-electron chi connectivity index (χ0n) is 18.2. The first-order valence-corrected chi connectivity index (χ1v) is 10.8. The van der Waals surface area contributed by atoms with Crippen molar-refractivity contribution in [2.75, 3.05) is 32.6 Å².